The molecular formula is C19H24NO3+. The van der Waals surface area contributed by atoms with Crippen LogP contribution in [-0.2, 0) is 0 Å². The molecule has 0 aliphatic heterocycles. The molecular weight excluding hydrogens is 290 g/mol. The lowest BCUT2D eigenvalue weighted by Crippen LogP contribution is -2.90. The predicted octanol–water partition coefficient (Wildman–Crippen LogP) is 1.95. The lowest BCUT2D eigenvalue weighted by Gasteiger charge is -2.17. The van der Waals surface area contributed by atoms with Crippen LogP contribution in [0.5, 0.6) is 5.75 Å². The van der Waals surface area contributed by atoms with Gasteiger partial charge in [-0.05, 0) is 24.6 Å². The second-order valence-electron chi connectivity index (χ2n) is 5.64. The maximum atomic E-state index is 12.2. The Morgan fingerprint density at radius 3 is 2.61 bits per heavy atom. The summed E-state index contributed by atoms with van der Waals surface area (Å²) in [6.45, 7) is 2.61. The largest absolute Gasteiger partial charge is 0.497 e. The van der Waals surface area contributed by atoms with Crippen LogP contribution < -0.4 is 10.1 Å². The Morgan fingerprint density at radius 2 is 1.91 bits per heavy atom. The highest BCUT2D eigenvalue weighted by Gasteiger charge is 2.19. The summed E-state index contributed by atoms with van der Waals surface area (Å²) in [6.07, 6.45) is -0.109. The molecule has 0 fully saturated rings. The number of hydrogen-bond donors (Lipinski definition) is 2. The number of Topliss-reactive ketones (excluding diaryl/α,β-unsaturated/α-hetero) is 1. The summed E-state index contributed by atoms with van der Waals surface area (Å²) >= 11 is 0. The Balaban J connectivity index is 1.83. The number of carbonyl (C=O) groups is 1. The van der Waals surface area contributed by atoms with E-state index in [9.17, 15) is 9.90 Å². The lowest BCUT2D eigenvalue weighted by molar-refractivity contribution is -0.693. The van der Waals surface area contributed by atoms with Crippen molar-refractivity contribution in [2.45, 2.75) is 25.5 Å². The zero-order chi connectivity index (χ0) is 16.7. The maximum absolute atomic E-state index is 12.2. The average Bonchev–Trinajstić information content (AvgIpc) is 2.61. The number of ether oxygens (including phenoxy) is 1. The number of rotatable bonds is 8. The Labute approximate surface area is 137 Å². The predicted molar refractivity (Wildman–Crippen MR) is 89.6 cm³/mol. The molecule has 0 spiro atoms. The van der Waals surface area contributed by atoms with E-state index < -0.39 is 6.10 Å². The van der Waals surface area contributed by atoms with Gasteiger partial charge in [0.2, 0.25) is 0 Å². The van der Waals surface area contributed by atoms with Crippen LogP contribution in [0.3, 0.4) is 0 Å². The highest BCUT2D eigenvalue weighted by molar-refractivity contribution is 5.96. The van der Waals surface area contributed by atoms with Crippen molar-refractivity contribution in [3.8, 4) is 5.75 Å². The van der Waals surface area contributed by atoms with Crippen LogP contribution in [0.2, 0.25) is 0 Å². The summed E-state index contributed by atoms with van der Waals surface area (Å²) in [5.41, 5.74) is 1.56. The van der Waals surface area contributed by atoms with Crippen LogP contribution in [-0.4, -0.2) is 30.6 Å². The van der Waals surface area contributed by atoms with Gasteiger partial charge in [-0.1, -0.05) is 42.5 Å². The van der Waals surface area contributed by atoms with Gasteiger partial charge in [0.15, 0.2) is 5.78 Å². The third-order valence-electron chi connectivity index (χ3n) is 3.94. The van der Waals surface area contributed by atoms with Gasteiger partial charge in [-0.2, -0.15) is 0 Å². The normalized spacial score (nSPS) is 13.3. The minimum absolute atomic E-state index is 0.00416. The molecule has 4 nitrogen and oxygen atoms in total. The van der Waals surface area contributed by atoms with Crippen molar-refractivity contribution in [1.82, 2.24) is 0 Å². The highest BCUT2D eigenvalue weighted by Crippen LogP contribution is 2.15. The Kier molecular flexibility index (Phi) is 6.32. The van der Waals surface area contributed by atoms with E-state index in [0.29, 0.717) is 24.3 Å². The third-order valence-corrected chi connectivity index (χ3v) is 3.94. The number of hydrogen-bond acceptors (Lipinski definition) is 3. The Hall–Kier alpha value is -2.17. The van der Waals surface area contributed by atoms with E-state index in [0.717, 1.165) is 5.56 Å². The molecule has 0 saturated carbocycles. The van der Waals surface area contributed by atoms with E-state index in [-0.39, 0.29) is 11.8 Å². The van der Waals surface area contributed by atoms with E-state index in [2.05, 4.69) is 0 Å². The molecule has 23 heavy (non-hydrogen) atoms. The van der Waals surface area contributed by atoms with E-state index in [1.165, 1.54) is 0 Å². The minimum Gasteiger partial charge on any atom is -0.497 e. The van der Waals surface area contributed by atoms with E-state index in [4.69, 9.17) is 4.74 Å². The van der Waals surface area contributed by atoms with Crippen LogP contribution >= 0.6 is 0 Å². The van der Waals surface area contributed by atoms with E-state index in [1.807, 2.05) is 54.7 Å². The van der Waals surface area contributed by atoms with Crippen LogP contribution in [0.4, 0.5) is 0 Å². The Bertz CT molecular complexity index is 628. The molecule has 2 aromatic rings. The van der Waals surface area contributed by atoms with Gasteiger partial charge in [-0.15, -0.1) is 0 Å². The number of aliphatic hydroxyl groups is 1. The summed E-state index contributed by atoms with van der Waals surface area (Å²) in [4.78, 5) is 12.2. The number of aliphatic hydroxyl groups excluding tert-OH is 1. The molecule has 0 amide bonds. The zero-order valence-corrected chi connectivity index (χ0v) is 13.6. The first kappa shape index (κ1) is 17.2. The third kappa shape index (κ3) is 4.91. The first-order valence-electron chi connectivity index (χ1n) is 7.85. The number of ketones is 1. The number of methoxy groups -OCH3 is 1. The molecule has 0 bridgehead atoms. The topological polar surface area (TPSA) is 63.1 Å². The van der Waals surface area contributed by atoms with Gasteiger partial charge >= 0.3 is 0 Å². The molecule has 0 aromatic heterocycles. The van der Waals surface area contributed by atoms with Gasteiger partial charge in [0.05, 0.1) is 20.1 Å². The molecule has 122 valence electrons. The van der Waals surface area contributed by atoms with Crippen LogP contribution in [0.25, 0.3) is 0 Å². The molecule has 0 radical (unpaired) electrons. The summed E-state index contributed by atoms with van der Waals surface area (Å²) in [6, 6.07) is 16.8. The van der Waals surface area contributed by atoms with Gasteiger partial charge in [-0.3, -0.25) is 4.79 Å². The molecule has 4 heteroatoms. The summed E-state index contributed by atoms with van der Waals surface area (Å²) in [5.74, 6) is 0.772. The SMILES string of the molecule is COc1cccc(C(=O)CC[NH2+][C@@H](C)[C@H](O)c2ccccc2)c1. The van der Waals surface area contributed by atoms with Crippen LogP contribution in [0.1, 0.15) is 35.4 Å². The second-order valence-corrected chi connectivity index (χ2v) is 5.64. The van der Waals surface area contributed by atoms with Gasteiger partial charge in [0.25, 0.3) is 0 Å². The molecule has 0 saturated heterocycles. The molecule has 2 aromatic carbocycles. The number of nitrogens with two attached hydrogens (primary N) is 1. The fraction of sp³-hybridized carbons (Fsp3) is 0.316. The molecule has 0 aliphatic rings. The molecule has 3 N–H and O–H groups in total. The van der Waals surface area contributed by atoms with Gasteiger partial charge in [-0.25, -0.2) is 0 Å². The lowest BCUT2D eigenvalue weighted by atomic mass is 10.0. The summed E-state index contributed by atoms with van der Waals surface area (Å²) < 4.78 is 5.14. The number of benzene rings is 2. The van der Waals surface area contributed by atoms with Gasteiger partial charge in [0.1, 0.15) is 17.9 Å². The average molecular weight is 314 g/mol. The number of carbonyl (C=O) groups excluding carboxylic acids is 1. The first-order chi connectivity index (χ1) is 11.1. The van der Waals surface area contributed by atoms with Crippen molar-refractivity contribution in [2.75, 3.05) is 13.7 Å². The molecule has 2 rings (SSSR count). The standard InChI is InChI=1S/C19H23NO3/c1-14(19(22)15-7-4-3-5-8-15)20-12-11-18(21)16-9-6-10-17(13-16)23-2/h3-10,13-14,19-20,22H,11-12H2,1-2H3/p+1/t14-,19-/m0/s1. The van der Waals surface area contributed by atoms with Crippen molar-refractivity contribution in [1.29, 1.82) is 0 Å². The van der Waals surface area contributed by atoms with Crippen molar-refractivity contribution < 1.29 is 20.0 Å². The van der Waals surface area contributed by atoms with E-state index in [1.54, 1.807) is 19.2 Å². The van der Waals surface area contributed by atoms with Crippen molar-refractivity contribution in [3.63, 3.8) is 0 Å². The van der Waals surface area contributed by atoms with Gasteiger partial charge < -0.3 is 15.2 Å². The molecule has 0 heterocycles. The monoisotopic (exact) mass is 314 g/mol. The van der Waals surface area contributed by atoms with Crippen molar-refractivity contribution in [3.05, 3.63) is 65.7 Å². The van der Waals surface area contributed by atoms with E-state index >= 15 is 0 Å². The van der Waals surface area contributed by atoms with Crippen LogP contribution in [0, 0.1) is 0 Å². The Morgan fingerprint density at radius 1 is 1.17 bits per heavy atom. The second kappa shape index (κ2) is 8.46. The maximum Gasteiger partial charge on any atom is 0.168 e. The van der Waals surface area contributed by atoms with Crippen molar-refractivity contribution in [2.24, 2.45) is 0 Å². The summed E-state index contributed by atoms with van der Waals surface area (Å²) in [5, 5.41) is 12.3. The fourth-order valence-electron chi connectivity index (χ4n) is 2.50. The zero-order valence-electron chi connectivity index (χ0n) is 13.6. The quantitative estimate of drug-likeness (QED) is 0.732. The van der Waals surface area contributed by atoms with Gasteiger partial charge in [0, 0.05) is 5.56 Å². The van der Waals surface area contributed by atoms with Crippen molar-refractivity contribution >= 4 is 5.78 Å². The fourth-order valence-corrected chi connectivity index (χ4v) is 2.50. The minimum atomic E-state index is -0.539. The summed E-state index contributed by atoms with van der Waals surface area (Å²) in [7, 11) is 1.59. The molecule has 0 aliphatic carbocycles. The smallest absolute Gasteiger partial charge is 0.168 e. The molecule has 2 atom stereocenters. The van der Waals surface area contributed by atoms with Crippen LogP contribution in [0.15, 0.2) is 54.6 Å². The highest BCUT2D eigenvalue weighted by atomic mass is 16.5. The molecule has 0 unspecified atom stereocenters. The first-order valence-corrected chi connectivity index (χ1v) is 7.85. The number of quaternary nitrogens is 1.